The molecule has 2 heteroatoms. The van der Waals surface area contributed by atoms with E-state index in [-0.39, 0.29) is 5.41 Å². The minimum absolute atomic E-state index is 0.279. The van der Waals surface area contributed by atoms with Crippen LogP contribution >= 0.6 is 0 Å². The lowest BCUT2D eigenvalue weighted by molar-refractivity contribution is -0.0656. The van der Waals surface area contributed by atoms with E-state index in [1.54, 1.807) is 6.92 Å². The first-order valence-corrected chi connectivity index (χ1v) is 4.28. The summed E-state index contributed by atoms with van der Waals surface area (Å²) in [5.74, 6) is 0.894. The average Bonchev–Trinajstić information content (AvgIpc) is 2.18. The number of hydrogen-bond acceptors (Lipinski definition) is 2. The molecule has 2 fully saturated rings. The Kier molecular flexibility index (Phi) is 1.13. The Hall–Kier alpha value is -0.0800. The molecule has 0 aliphatic heterocycles. The molecule has 0 aromatic carbocycles. The Labute approximate surface area is 67.2 Å². The second-order valence-corrected chi connectivity index (χ2v) is 4.96. The molecule has 0 aromatic heterocycles. The summed E-state index contributed by atoms with van der Waals surface area (Å²) in [6.45, 7) is 6.07. The molecule has 0 aromatic rings. The molecule has 2 nitrogen and oxygen atoms in total. The second kappa shape index (κ2) is 1.64. The topological polar surface area (TPSA) is 40.5 Å². The predicted octanol–water partition coefficient (Wildman–Crippen LogP) is 0.774. The van der Waals surface area contributed by atoms with Gasteiger partial charge in [-0.15, -0.1) is 0 Å². The molecule has 2 N–H and O–H groups in total. The van der Waals surface area contributed by atoms with E-state index in [1.165, 1.54) is 0 Å². The SMILES string of the molecule is CC1(O)CC2C(C1O)C2(C)C. The smallest absolute Gasteiger partial charge is 0.0883 e. The zero-order valence-electron chi connectivity index (χ0n) is 7.33. The molecule has 0 spiro atoms. The van der Waals surface area contributed by atoms with Crippen LogP contribution in [0.4, 0.5) is 0 Å². The molecule has 2 rings (SSSR count). The predicted molar refractivity (Wildman–Crippen MR) is 42.0 cm³/mol. The van der Waals surface area contributed by atoms with Gasteiger partial charge in [-0.25, -0.2) is 0 Å². The van der Waals surface area contributed by atoms with Gasteiger partial charge in [0.25, 0.3) is 0 Å². The van der Waals surface area contributed by atoms with Gasteiger partial charge in [0.1, 0.15) is 0 Å². The zero-order valence-corrected chi connectivity index (χ0v) is 7.33. The van der Waals surface area contributed by atoms with Gasteiger partial charge >= 0.3 is 0 Å². The molecule has 2 saturated carbocycles. The molecular weight excluding hydrogens is 140 g/mol. The maximum Gasteiger partial charge on any atom is 0.0883 e. The lowest BCUT2D eigenvalue weighted by Gasteiger charge is -2.27. The molecule has 4 atom stereocenters. The van der Waals surface area contributed by atoms with Crippen LogP contribution in [0.1, 0.15) is 27.2 Å². The van der Waals surface area contributed by atoms with Crippen LogP contribution in [0.15, 0.2) is 0 Å². The van der Waals surface area contributed by atoms with Crippen LogP contribution in [0.2, 0.25) is 0 Å². The summed E-state index contributed by atoms with van der Waals surface area (Å²) in [4.78, 5) is 0. The molecule has 0 bridgehead atoms. The number of aliphatic hydroxyl groups excluding tert-OH is 1. The third-order valence-electron chi connectivity index (χ3n) is 3.75. The van der Waals surface area contributed by atoms with Gasteiger partial charge in [0.15, 0.2) is 0 Å². The number of fused-ring (bicyclic) bond motifs is 1. The lowest BCUT2D eigenvalue weighted by atomic mass is 9.89. The van der Waals surface area contributed by atoms with Crippen molar-refractivity contribution in [3.63, 3.8) is 0 Å². The lowest BCUT2D eigenvalue weighted by Crippen LogP contribution is -2.39. The largest absolute Gasteiger partial charge is 0.390 e. The molecule has 0 saturated heterocycles. The summed E-state index contributed by atoms with van der Waals surface area (Å²) >= 11 is 0. The monoisotopic (exact) mass is 156 g/mol. The fourth-order valence-electron chi connectivity index (χ4n) is 2.76. The van der Waals surface area contributed by atoms with Crippen molar-refractivity contribution in [1.82, 2.24) is 0 Å². The first-order valence-electron chi connectivity index (χ1n) is 4.28. The van der Waals surface area contributed by atoms with E-state index in [0.717, 1.165) is 6.42 Å². The first kappa shape index (κ1) is 7.56. The third kappa shape index (κ3) is 0.744. The van der Waals surface area contributed by atoms with Crippen molar-refractivity contribution in [2.24, 2.45) is 17.3 Å². The number of hydrogen-bond donors (Lipinski definition) is 2. The van der Waals surface area contributed by atoms with Crippen molar-refractivity contribution in [3.05, 3.63) is 0 Å². The normalized spacial score (nSPS) is 59.2. The highest BCUT2D eigenvalue weighted by molar-refractivity contribution is 5.18. The Morgan fingerprint density at radius 1 is 1.27 bits per heavy atom. The molecule has 0 amide bonds. The molecule has 2 aliphatic carbocycles. The van der Waals surface area contributed by atoms with Gasteiger partial charge in [0.05, 0.1) is 11.7 Å². The Balaban J connectivity index is 2.19. The van der Waals surface area contributed by atoms with Crippen molar-refractivity contribution < 1.29 is 10.2 Å². The van der Waals surface area contributed by atoms with Gasteiger partial charge < -0.3 is 10.2 Å². The average molecular weight is 156 g/mol. The fraction of sp³-hybridized carbons (Fsp3) is 1.00. The summed E-state index contributed by atoms with van der Waals surface area (Å²) in [5.41, 5.74) is -0.535. The van der Waals surface area contributed by atoms with E-state index in [2.05, 4.69) is 13.8 Å². The van der Waals surface area contributed by atoms with Crippen LogP contribution < -0.4 is 0 Å². The number of aliphatic hydroxyl groups is 2. The quantitative estimate of drug-likeness (QED) is 0.544. The summed E-state index contributed by atoms with van der Waals surface area (Å²) in [6, 6.07) is 0. The second-order valence-electron chi connectivity index (χ2n) is 4.96. The maximum absolute atomic E-state index is 9.65. The van der Waals surface area contributed by atoms with E-state index in [9.17, 15) is 10.2 Å². The van der Waals surface area contributed by atoms with Gasteiger partial charge in [-0.1, -0.05) is 13.8 Å². The molecule has 11 heavy (non-hydrogen) atoms. The van der Waals surface area contributed by atoms with Crippen LogP contribution in [0.5, 0.6) is 0 Å². The van der Waals surface area contributed by atoms with Crippen LogP contribution in [-0.2, 0) is 0 Å². The van der Waals surface area contributed by atoms with Gasteiger partial charge in [-0.3, -0.25) is 0 Å². The summed E-state index contributed by atoms with van der Waals surface area (Å²) in [5, 5.41) is 19.3. The first-order chi connectivity index (χ1) is 4.87. The van der Waals surface area contributed by atoms with Gasteiger partial charge in [-0.2, -0.15) is 0 Å². The minimum atomic E-state index is -0.815. The van der Waals surface area contributed by atoms with Crippen molar-refractivity contribution in [3.8, 4) is 0 Å². The van der Waals surface area contributed by atoms with Gasteiger partial charge in [0.2, 0.25) is 0 Å². The van der Waals surface area contributed by atoms with Crippen molar-refractivity contribution in [2.75, 3.05) is 0 Å². The van der Waals surface area contributed by atoms with Crippen LogP contribution in [-0.4, -0.2) is 21.9 Å². The van der Waals surface area contributed by atoms with Crippen LogP contribution in [0.25, 0.3) is 0 Å². The highest BCUT2D eigenvalue weighted by Crippen LogP contribution is 2.68. The molecular formula is C9H16O2. The Bertz CT molecular complexity index is 196. The molecule has 2 aliphatic rings. The highest BCUT2D eigenvalue weighted by Gasteiger charge is 2.70. The Morgan fingerprint density at radius 2 is 1.82 bits per heavy atom. The maximum atomic E-state index is 9.65. The van der Waals surface area contributed by atoms with E-state index in [0.29, 0.717) is 11.8 Å². The Morgan fingerprint density at radius 3 is 2.09 bits per heavy atom. The van der Waals surface area contributed by atoms with E-state index < -0.39 is 11.7 Å². The van der Waals surface area contributed by atoms with Crippen LogP contribution in [0.3, 0.4) is 0 Å². The van der Waals surface area contributed by atoms with E-state index in [1.807, 2.05) is 0 Å². The number of rotatable bonds is 0. The van der Waals surface area contributed by atoms with E-state index >= 15 is 0 Å². The summed E-state index contributed by atoms with van der Waals surface area (Å²) < 4.78 is 0. The molecule has 64 valence electrons. The van der Waals surface area contributed by atoms with Crippen molar-refractivity contribution in [1.29, 1.82) is 0 Å². The van der Waals surface area contributed by atoms with Crippen LogP contribution in [0, 0.1) is 17.3 Å². The standard InChI is InChI=1S/C9H16O2/c1-8(2)5-4-9(3,11)7(10)6(5)8/h5-7,10-11H,4H2,1-3H3. The summed E-state index contributed by atoms with van der Waals surface area (Å²) in [6.07, 6.45) is 0.272. The third-order valence-corrected chi connectivity index (χ3v) is 3.75. The molecule has 0 radical (unpaired) electrons. The van der Waals surface area contributed by atoms with Crippen molar-refractivity contribution >= 4 is 0 Å². The van der Waals surface area contributed by atoms with Gasteiger partial charge in [-0.05, 0) is 30.6 Å². The summed E-state index contributed by atoms with van der Waals surface area (Å²) in [7, 11) is 0. The highest BCUT2D eigenvalue weighted by atomic mass is 16.3. The zero-order chi connectivity index (χ0) is 8.44. The minimum Gasteiger partial charge on any atom is -0.390 e. The molecule has 0 heterocycles. The van der Waals surface area contributed by atoms with Gasteiger partial charge in [0, 0.05) is 0 Å². The van der Waals surface area contributed by atoms with Crippen molar-refractivity contribution in [2.45, 2.75) is 38.9 Å². The van der Waals surface area contributed by atoms with E-state index in [4.69, 9.17) is 0 Å². The molecule has 4 unspecified atom stereocenters. The fourth-order valence-corrected chi connectivity index (χ4v) is 2.76.